The zero-order valence-electron chi connectivity index (χ0n) is 13.4. The lowest BCUT2D eigenvalue weighted by Gasteiger charge is -2.26. The first kappa shape index (κ1) is 15.0. The van der Waals surface area contributed by atoms with Gasteiger partial charge >= 0.3 is 0 Å². The van der Waals surface area contributed by atoms with E-state index in [2.05, 4.69) is 57.0 Å². The van der Waals surface area contributed by atoms with Crippen LogP contribution in [0.5, 0.6) is 0 Å². The van der Waals surface area contributed by atoms with E-state index in [1.165, 1.54) is 5.56 Å². The number of hydrogen-bond acceptors (Lipinski definition) is 4. The predicted octanol–water partition coefficient (Wildman–Crippen LogP) is 2.89. The number of aryl methyl sites for hydroxylation is 1. The first-order chi connectivity index (χ1) is 10.7. The molecule has 0 N–H and O–H groups in total. The fraction of sp³-hybridized carbons (Fsp3) is 0.444. The summed E-state index contributed by atoms with van der Waals surface area (Å²) in [6, 6.07) is 11.3. The topological polar surface area (TPSA) is 32.3 Å². The van der Waals surface area contributed by atoms with Crippen molar-refractivity contribution in [1.82, 2.24) is 14.9 Å². The minimum Gasteiger partial charge on any atom is -0.339 e. The summed E-state index contributed by atoms with van der Waals surface area (Å²) in [5, 5.41) is 0. The molecule has 4 heteroatoms. The van der Waals surface area contributed by atoms with Gasteiger partial charge in [0.2, 0.25) is 5.95 Å². The summed E-state index contributed by atoms with van der Waals surface area (Å²) < 4.78 is 0. The Labute approximate surface area is 132 Å². The Kier molecular flexibility index (Phi) is 4.68. The lowest BCUT2D eigenvalue weighted by atomic mass is 10.1. The Bertz CT molecular complexity index is 582. The van der Waals surface area contributed by atoms with E-state index in [4.69, 9.17) is 0 Å². The van der Waals surface area contributed by atoms with Crippen molar-refractivity contribution in [3.8, 4) is 0 Å². The summed E-state index contributed by atoms with van der Waals surface area (Å²) in [5.74, 6) is 0.861. The summed E-state index contributed by atoms with van der Waals surface area (Å²) in [4.78, 5) is 13.8. The van der Waals surface area contributed by atoms with Gasteiger partial charge in [-0.05, 0) is 31.4 Å². The Hall–Kier alpha value is -1.94. The second-order valence-corrected chi connectivity index (χ2v) is 6.14. The lowest BCUT2D eigenvalue weighted by molar-refractivity contribution is 0.212. The first-order valence-electron chi connectivity index (χ1n) is 8.04. The monoisotopic (exact) mass is 296 g/mol. The standard InChI is InChI=1S/C18H24N4/c1-15-12-19-18(20-13-15)21-9-8-16(2)22(11-10-21)14-17-6-4-3-5-7-17/h3-7,12-13,16H,8-11,14H2,1-2H3. The van der Waals surface area contributed by atoms with E-state index in [-0.39, 0.29) is 0 Å². The van der Waals surface area contributed by atoms with Crippen LogP contribution in [0.15, 0.2) is 42.7 Å². The van der Waals surface area contributed by atoms with Gasteiger partial charge in [0.15, 0.2) is 0 Å². The van der Waals surface area contributed by atoms with Gasteiger partial charge in [-0.15, -0.1) is 0 Å². The third-order valence-corrected chi connectivity index (χ3v) is 4.38. The van der Waals surface area contributed by atoms with Crippen LogP contribution in [-0.4, -0.2) is 40.5 Å². The third kappa shape index (κ3) is 3.63. The molecule has 0 saturated carbocycles. The van der Waals surface area contributed by atoms with Crippen LogP contribution in [-0.2, 0) is 6.54 Å². The van der Waals surface area contributed by atoms with Crippen LogP contribution in [0.3, 0.4) is 0 Å². The van der Waals surface area contributed by atoms with Crippen molar-refractivity contribution in [2.24, 2.45) is 0 Å². The van der Waals surface area contributed by atoms with Crippen molar-refractivity contribution in [3.63, 3.8) is 0 Å². The van der Waals surface area contributed by atoms with Crippen LogP contribution in [0, 0.1) is 6.92 Å². The van der Waals surface area contributed by atoms with E-state index >= 15 is 0 Å². The van der Waals surface area contributed by atoms with Crippen molar-refractivity contribution < 1.29 is 0 Å². The van der Waals surface area contributed by atoms with Crippen molar-refractivity contribution >= 4 is 5.95 Å². The van der Waals surface area contributed by atoms with Gasteiger partial charge in [0.1, 0.15) is 0 Å². The molecule has 0 aliphatic carbocycles. The number of nitrogens with zero attached hydrogens (tertiary/aromatic N) is 4. The van der Waals surface area contributed by atoms with Gasteiger partial charge in [-0.3, -0.25) is 4.90 Å². The Morgan fingerprint density at radius 2 is 1.77 bits per heavy atom. The van der Waals surface area contributed by atoms with Gasteiger partial charge in [-0.25, -0.2) is 9.97 Å². The summed E-state index contributed by atoms with van der Waals surface area (Å²) in [6.45, 7) is 8.42. The highest BCUT2D eigenvalue weighted by Crippen LogP contribution is 2.17. The summed E-state index contributed by atoms with van der Waals surface area (Å²) >= 11 is 0. The second-order valence-electron chi connectivity index (χ2n) is 6.14. The van der Waals surface area contributed by atoms with Gasteiger partial charge < -0.3 is 4.90 Å². The molecular weight excluding hydrogens is 272 g/mol. The molecule has 1 unspecified atom stereocenters. The van der Waals surface area contributed by atoms with Gasteiger partial charge in [0.25, 0.3) is 0 Å². The molecule has 1 saturated heterocycles. The first-order valence-corrected chi connectivity index (χ1v) is 8.04. The maximum absolute atomic E-state index is 4.47. The molecule has 0 bridgehead atoms. The SMILES string of the molecule is Cc1cnc(N2CCC(C)N(Cc3ccccc3)CC2)nc1. The van der Waals surface area contributed by atoms with Crippen molar-refractivity contribution in [2.45, 2.75) is 32.9 Å². The largest absolute Gasteiger partial charge is 0.339 e. The van der Waals surface area contributed by atoms with Gasteiger partial charge in [0, 0.05) is 44.6 Å². The molecule has 4 nitrogen and oxygen atoms in total. The molecule has 116 valence electrons. The molecule has 22 heavy (non-hydrogen) atoms. The molecular formula is C18H24N4. The number of anilines is 1. The molecule has 1 aliphatic heterocycles. The molecule has 1 aliphatic rings. The smallest absolute Gasteiger partial charge is 0.225 e. The van der Waals surface area contributed by atoms with Crippen LogP contribution >= 0.6 is 0 Å². The molecule has 2 aromatic rings. The average molecular weight is 296 g/mol. The predicted molar refractivity (Wildman–Crippen MR) is 89.9 cm³/mol. The molecule has 3 rings (SSSR count). The highest BCUT2D eigenvalue weighted by molar-refractivity contribution is 5.30. The Morgan fingerprint density at radius 3 is 2.50 bits per heavy atom. The normalized spacial score (nSPS) is 19.9. The van der Waals surface area contributed by atoms with Gasteiger partial charge in [-0.1, -0.05) is 30.3 Å². The number of rotatable bonds is 3. The number of aromatic nitrogens is 2. The average Bonchev–Trinajstić information content (AvgIpc) is 2.72. The van der Waals surface area contributed by atoms with Crippen LogP contribution in [0.4, 0.5) is 5.95 Å². The number of benzene rings is 1. The summed E-state index contributed by atoms with van der Waals surface area (Å²) in [5.41, 5.74) is 2.49. The minimum atomic E-state index is 0.579. The second kappa shape index (κ2) is 6.88. The highest BCUT2D eigenvalue weighted by atomic mass is 15.3. The van der Waals surface area contributed by atoms with Crippen LogP contribution in [0.1, 0.15) is 24.5 Å². The minimum absolute atomic E-state index is 0.579. The van der Waals surface area contributed by atoms with Crippen LogP contribution < -0.4 is 4.90 Å². The third-order valence-electron chi connectivity index (χ3n) is 4.38. The molecule has 0 amide bonds. The zero-order valence-corrected chi connectivity index (χ0v) is 13.4. The zero-order chi connectivity index (χ0) is 15.4. The molecule has 1 aromatic carbocycles. The maximum Gasteiger partial charge on any atom is 0.225 e. The van der Waals surface area contributed by atoms with Crippen molar-refractivity contribution in [3.05, 3.63) is 53.9 Å². The van der Waals surface area contributed by atoms with Crippen LogP contribution in [0.25, 0.3) is 0 Å². The highest BCUT2D eigenvalue weighted by Gasteiger charge is 2.22. The summed E-state index contributed by atoms with van der Waals surface area (Å²) in [7, 11) is 0. The lowest BCUT2D eigenvalue weighted by Crippen LogP contribution is -2.34. The molecule has 2 heterocycles. The molecule has 1 atom stereocenters. The quantitative estimate of drug-likeness (QED) is 0.872. The van der Waals surface area contributed by atoms with Gasteiger partial charge in [-0.2, -0.15) is 0 Å². The van der Waals surface area contributed by atoms with E-state index in [1.807, 2.05) is 19.3 Å². The van der Waals surface area contributed by atoms with Crippen molar-refractivity contribution in [1.29, 1.82) is 0 Å². The maximum atomic E-state index is 4.47. The molecule has 0 radical (unpaired) electrons. The van der Waals surface area contributed by atoms with Gasteiger partial charge in [0.05, 0.1) is 0 Å². The molecule has 1 aromatic heterocycles. The summed E-state index contributed by atoms with van der Waals surface area (Å²) in [6.07, 6.45) is 4.95. The van der Waals surface area contributed by atoms with E-state index in [0.717, 1.165) is 44.1 Å². The van der Waals surface area contributed by atoms with E-state index in [1.54, 1.807) is 0 Å². The fourth-order valence-corrected chi connectivity index (χ4v) is 2.91. The van der Waals surface area contributed by atoms with E-state index in [9.17, 15) is 0 Å². The molecule has 0 spiro atoms. The van der Waals surface area contributed by atoms with Crippen LogP contribution in [0.2, 0.25) is 0 Å². The Balaban J connectivity index is 1.66. The number of hydrogen-bond donors (Lipinski definition) is 0. The van der Waals surface area contributed by atoms with Crippen molar-refractivity contribution in [2.75, 3.05) is 24.5 Å². The van der Waals surface area contributed by atoms with E-state index < -0.39 is 0 Å². The Morgan fingerprint density at radius 1 is 1.05 bits per heavy atom. The fourth-order valence-electron chi connectivity index (χ4n) is 2.91. The van der Waals surface area contributed by atoms with E-state index in [0.29, 0.717) is 6.04 Å². The molecule has 1 fully saturated rings.